The van der Waals surface area contributed by atoms with Gasteiger partial charge in [-0.05, 0) is 18.5 Å². The molecule has 0 unspecified atom stereocenters. The van der Waals surface area contributed by atoms with Crippen molar-refractivity contribution in [3.63, 3.8) is 0 Å². The normalized spacial score (nSPS) is 10.3. The molecule has 0 aromatic carbocycles. The fraction of sp³-hybridized carbons (Fsp3) is 0.111. The van der Waals surface area contributed by atoms with Crippen LogP contribution in [0.2, 0.25) is 10.4 Å². The number of nitrogens with one attached hydrogen (secondary N) is 1. The molecule has 0 fully saturated rings. The fourth-order valence-corrected chi connectivity index (χ4v) is 2.17. The van der Waals surface area contributed by atoms with Crippen LogP contribution in [-0.4, -0.2) is 20.9 Å². The van der Waals surface area contributed by atoms with Crippen LogP contribution >= 0.6 is 34.5 Å². The smallest absolute Gasteiger partial charge is 0.276 e. The van der Waals surface area contributed by atoms with Crippen molar-refractivity contribution in [2.75, 3.05) is 5.32 Å². The van der Waals surface area contributed by atoms with E-state index in [1.807, 2.05) is 12.3 Å². The molecule has 1 amide bonds. The van der Waals surface area contributed by atoms with E-state index >= 15 is 0 Å². The SMILES string of the molecule is Cc1csc(NC(=O)c2cc(Cl)nc(Cl)n2)n1. The molecule has 5 nitrogen and oxygen atoms in total. The van der Waals surface area contributed by atoms with E-state index in [4.69, 9.17) is 23.2 Å². The van der Waals surface area contributed by atoms with E-state index in [0.29, 0.717) is 5.13 Å². The summed E-state index contributed by atoms with van der Waals surface area (Å²) in [7, 11) is 0. The van der Waals surface area contributed by atoms with Gasteiger partial charge in [0.15, 0.2) is 5.13 Å². The van der Waals surface area contributed by atoms with Gasteiger partial charge in [0.1, 0.15) is 10.8 Å². The number of aryl methyl sites for hydroxylation is 1. The molecule has 88 valence electrons. The number of rotatable bonds is 2. The Morgan fingerprint density at radius 1 is 1.35 bits per heavy atom. The van der Waals surface area contributed by atoms with Crippen LogP contribution in [0.3, 0.4) is 0 Å². The lowest BCUT2D eigenvalue weighted by molar-refractivity contribution is 0.102. The van der Waals surface area contributed by atoms with Crippen LogP contribution in [-0.2, 0) is 0 Å². The second kappa shape index (κ2) is 4.95. The van der Waals surface area contributed by atoms with E-state index in [1.165, 1.54) is 17.4 Å². The molecule has 17 heavy (non-hydrogen) atoms. The molecule has 2 aromatic heterocycles. The van der Waals surface area contributed by atoms with Gasteiger partial charge < -0.3 is 0 Å². The number of halogens is 2. The maximum atomic E-state index is 11.8. The van der Waals surface area contributed by atoms with Crippen molar-refractivity contribution >= 4 is 45.6 Å². The molecule has 0 saturated heterocycles. The number of anilines is 1. The average Bonchev–Trinajstić information content (AvgIpc) is 2.62. The molecule has 0 aliphatic carbocycles. The summed E-state index contributed by atoms with van der Waals surface area (Å²) in [6.45, 7) is 1.84. The molecule has 0 saturated carbocycles. The lowest BCUT2D eigenvalue weighted by Gasteiger charge is -2.01. The lowest BCUT2D eigenvalue weighted by Crippen LogP contribution is -2.14. The van der Waals surface area contributed by atoms with Crippen LogP contribution in [0.5, 0.6) is 0 Å². The number of thiazole rings is 1. The van der Waals surface area contributed by atoms with Gasteiger partial charge in [0, 0.05) is 11.4 Å². The summed E-state index contributed by atoms with van der Waals surface area (Å²) in [5.74, 6) is -0.425. The first-order chi connectivity index (χ1) is 8.04. The average molecular weight is 289 g/mol. The molecule has 0 aliphatic rings. The third-order valence-corrected chi connectivity index (χ3v) is 2.98. The van der Waals surface area contributed by atoms with E-state index in [9.17, 15) is 4.79 Å². The molecule has 8 heteroatoms. The summed E-state index contributed by atoms with van der Waals surface area (Å²) in [6, 6.07) is 1.34. The van der Waals surface area contributed by atoms with Gasteiger partial charge in [-0.3, -0.25) is 10.1 Å². The van der Waals surface area contributed by atoms with Crippen LogP contribution in [0, 0.1) is 6.92 Å². The van der Waals surface area contributed by atoms with Crippen molar-refractivity contribution in [3.05, 3.63) is 33.3 Å². The predicted molar refractivity (Wildman–Crippen MR) is 66.9 cm³/mol. The predicted octanol–water partition coefficient (Wildman–Crippen LogP) is 2.80. The second-order valence-corrected chi connectivity index (χ2v) is 4.68. The Labute approximate surface area is 111 Å². The van der Waals surface area contributed by atoms with Crippen LogP contribution in [0.15, 0.2) is 11.4 Å². The summed E-state index contributed by atoms with van der Waals surface area (Å²) >= 11 is 12.6. The Morgan fingerprint density at radius 2 is 2.12 bits per heavy atom. The summed E-state index contributed by atoms with van der Waals surface area (Å²) in [6.07, 6.45) is 0. The third kappa shape index (κ3) is 3.12. The molecule has 0 radical (unpaired) electrons. The Kier molecular flexibility index (Phi) is 3.56. The number of carbonyl (C=O) groups excluding carboxylic acids is 1. The van der Waals surface area contributed by atoms with E-state index in [0.717, 1.165) is 5.69 Å². The summed E-state index contributed by atoms with van der Waals surface area (Å²) < 4.78 is 0. The first kappa shape index (κ1) is 12.2. The summed E-state index contributed by atoms with van der Waals surface area (Å²) in [5, 5.41) is 4.97. The maximum Gasteiger partial charge on any atom is 0.276 e. The zero-order valence-electron chi connectivity index (χ0n) is 8.57. The van der Waals surface area contributed by atoms with Gasteiger partial charge in [0.25, 0.3) is 5.91 Å². The van der Waals surface area contributed by atoms with E-state index in [-0.39, 0.29) is 16.1 Å². The van der Waals surface area contributed by atoms with Crippen LogP contribution in [0.25, 0.3) is 0 Å². The topological polar surface area (TPSA) is 67.8 Å². The number of hydrogen-bond donors (Lipinski definition) is 1. The van der Waals surface area contributed by atoms with E-state index < -0.39 is 5.91 Å². The van der Waals surface area contributed by atoms with Crippen molar-refractivity contribution in [2.24, 2.45) is 0 Å². The highest BCUT2D eigenvalue weighted by Gasteiger charge is 2.12. The Hall–Kier alpha value is -1.24. The Bertz CT molecular complexity index is 552. The minimum Gasteiger partial charge on any atom is -0.296 e. The van der Waals surface area contributed by atoms with Gasteiger partial charge >= 0.3 is 0 Å². The summed E-state index contributed by atoms with van der Waals surface area (Å²) in [4.78, 5) is 23.3. The van der Waals surface area contributed by atoms with Gasteiger partial charge in [-0.25, -0.2) is 15.0 Å². The number of hydrogen-bond acceptors (Lipinski definition) is 5. The molecule has 1 N–H and O–H groups in total. The Morgan fingerprint density at radius 3 is 2.71 bits per heavy atom. The highest BCUT2D eigenvalue weighted by Crippen LogP contribution is 2.16. The fourth-order valence-electron chi connectivity index (χ4n) is 1.08. The molecular formula is C9H6Cl2N4OS. The van der Waals surface area contributed by atoms with E-state index in [2.05, 4.69) is 20.3 Å². The molecule has 2 heterocycles. The number of carbonyl (C=O) groups is 1. The van der Waals surface area contributed by atoms with Gasteiger partial charge in [0.2, 0.25) is 5.28 Å². The van der Waals surface area contributed by atoms with Gasteiger partial charge in [0.05, 0.1) is 5.69 Å². The molecule has 2 rings (SSSR count). The molecule has 0 bridgehead atoms. The number of nitrogens with zero attached hydrogens (tertiary/aromatic N) is 3. The minimum atomic E-state index is -0.425. The van der Waals surface area contributed by atoms with Crippen molar-refractivity contribution in [1.29, 1.82) is 0 Å². The minimum absolute atomic E-state index is 0.0713. The summed E-state index contributed by atoms with van der Waals surface area (Å²) in [5.41, 5.74) is 0.937. The first-order valence-corrected chi connectivity index (χ1v) is 6.12. The highest BCUT2D eigenvalue weighted by molar-refractivity contribution is 7.13. The zero-order chi connectivity index (χ0) is 12.4. The monoisotopic (exact) mass is 288 g/mol. The van der Waals surface area contributed by atoms with E-state index in [1.54, 1.807) is 0 Å². The first-order valence-electron chi connectivity index (χ1n) is 4.48. The highest BCUT2D eigenvalue weighted by atomic mass is 35.5. The van der Waals surface area contributed by atoms with Gasteiger partial charge in [-0.15, -0.1) is 11.3 Å². The largest absolute Gasteiger partial charge is 0.296 e. The van der Waals surface area contributed by atoms with Crippen LogP contribution in [0.4, 0.5) is 5.13 Å². The third-order valence-electron chi connectivity index (χ3n) is 1.74. The molecular weight excluding hydrogens is 283 g/mol. The number of aromatic nitrogens is 3. The quantitative estimate of drug-likeness (QED) is 0.682. The van der Waals surface area contributed by atoms with Crippen molar-refractivity contribution < 1.29 is 4.79 Å². The Balaban J connectivity index is 2.19. The molecule has 0 atom stereocenters. The van der Waals surface area contributed by atoms with Crippen molar-refractivity contribution in [3.8, 4) is 0 Å². The number of amides is 1. The van der Waals surface area contributed by atoms with Gasteiger partial charge in [-0.2, -0.15) is 0 Å². The van der Waals surface area contributed by atoms with Crippen LogP contribution in [0.1, 0.15) is 16.2 Å². The van der Waals surface area contributed by atoms with Crippen molar-refractivity contribution in [1.82, 2.24) is 15.0 Å². The molecule has 0 aliphatic heterocycles. The maximum absolute atomic E-state index is 11.8. The molecule has 0 spiro atoms. The standard InChI is InChI=1S/C9H6Cl2N4OS/c1-4-3-17-9(12-4)15-7(16)5-2-6(10)14-8(11)13-5/h2-3H,1H3,(H,12,15,16). The van der Waals surface area contributed by atoms with Gasteiger partial charge in [-0.1, -0.05) is 11.6 Å². The second-order valence-electron chi connectivity index (χ2n) is 3.09. The molecule has 2 aromatic rings. The van der Waals surface area contributed by atoms with Crippen molar-refractivity contribution in [2.45, 2.75) is 6.92 Å². The lowest BCUT2D eigenvalue weighted by atomic mass is 10.4. The van der Waals surface area contributed by atoms with Crippen LogP contribution < -0.4 is 5.32 Å². The zero-order valence-corrected chi connectivity index (χ0v) is 10.9.